The van der Waals surface area contributed by atoms with Crippen molar-refractivity contribution in [3.63, 3.8) is 0 Å². The highest BCUT2D eigenvalue weighted by Gasteiger charge is 2.31. The summed E-state index contributed by atoms with van der Waals surface area (Å²) in [6, 6.07) is 15.5. The molecule has 2 aromatic rings. The summed E-state index contributed by atoms with van der Waals surface area (Å²) in [7, 11) is 0. The minimum Gasteiger partial charge on any atom is -0.342 e. The second-order valence-corrected chi connectivity index (χ2v) is 9.18. The molecule has 3 nitrogen and oxygen atoms in total. The zero-order valence-corrected chi connectivity index (χ0v) is 18.2. The molecule has 0 spiro atoms. The number of carbonyl (C=O) groups is 1. The van der Waals surface area contributed by atoms with Gasteiger partial charge >= 0.3 is 0 Å². The maximum Gasteiger partial charge on any atom is 0.225 e. The molecule has 1 amide bonds. The van der Waals surface area contributed by atoms with E-state index in [1.807, 2.05) is 0 Å². The van der Waals surface area contributed by atoms with Crippen LogP contribution in [0.15, 0.2) is 48.5 Å². The van der Waals surface area contributed by atoms with Gasteiger partial charge in [0.05, 0.1) is 0 Å². The largest absolute Gasteiger partial charge is 0.342 e. The molecule has 0 N–H and O–H groups in total. The number of nitrogens with zero attached hydrogens (tertiary/aromatic N) is 2. The van der Waals surface area contributed by atoms with Crippen molar-refractivity contribution in [3.8, 4) is 0 Å². The van der Waals surface area contributed by atoms with Gasteiger partial charge in [-0.3, -0.25) is 9.69 Å². The molecule has 0 bridgehead atoms. The first kappa shape index (κ1) is 21.3. The summed E-state index contributed by atoms with van der Waals surface area (Å²) < 4.78 is 14.1. The van der Waals surface area contributed by atoms with Crippen molar-refractivity contribution in [3.05, 3.63) is 70.5 Å². The molecule has 2 saturated heterocycles. The number of halogens is 2. The van der Waals surface area contributed by atoms with Gasteiger partial charge in [0.2, 0.25) is 5.91 Å². The number of likely N-dealkylation sites (tertiary alicyclic amines) is 2. The van der Waals surface area contributed by atoms with Crippen molar-refractivity contribution in [2.75, 3.05) is 26.2 Å². The lowest BCUT2D eigenvalue weighted by molar-refractivity contribution is -0.138. The fourth-order valence-electron chi connectivity index (χ4n) is 4.79. The van der Waals surface area contributed by atoms with Crippen LogP contribution < -0.4 is 0 Å². The molecular formula is C25H30ClFN2O. The maximum absolute atomic E-state index is 14.1. The molecule has 2 aliphatic rings. The van der Waals surface area contributed by atoms with E-state index in [-0.39, 0.29) is 11.7 Å². The molecule has 0 aliphatic carbocycles. The average molecular weight is 429 g/mol. The van der Waals surface area contributed by atoms with Crippen LogP contribution in [0.5, 0.6) is 0 Å². The van der Waals surface area contributed by atoms with Gasteiger partial charge in [0.15, 0.2) is 0 Å². The quantitative estimate of drug-likeness (QED) is 0.655. The average Bonchev–Trinajstić information content (AvgIpc) is 2.77. The molecule has 2 fully saturated rings. The van der Waals surface area contributed by atoms with Gasteiger partial charge in [-0.2, -0.15) is 0 Å². The Kier molecular flexibility index (Phi) is 7.06. The predicted molar refractivity (Wildman–Crippen MR) is 119 cm³/mol. The first-order valence-corrected chi connectivity index (χ1v) is 11.5. The van der Waals surface area contributed by atoms with Gasteiger partial charge in [-0.1, -0.05) is 48.0 Å². The van der Waals surface area contributed by atoms with Gasteiger partial charge in [-0.25, -0.2) is 4.39 Å². The van der Waals surface area contributed by atoms with Crippen LogP contribution in [-0.2, 0) is 17.8 Å². The van der Waals surface area contributed by atoms with E-state index in [2.05, 4.69) is 40.1 Å². The molecule has 0 unspecified atom stereocenters. The lowest BCUT2D eigenvalue weighted by Crippen LogP contribution is -2.45. The Morgan fingerprint density at radius 2 is 1.67 bits per heavy atom. The van der Waals surface area contributed by atoms with Gasteiger partial charge in [-0.05, 0) is 68.8 Å². The summed E-state index contributed by atoms with van der Waals surface area (Å²) in [5.41, 5.74) is 2.07. The van der Waals surface area contributed by atoms with E-state index in [1.54, 1.807) is 12.1 Å². The van der Waals surface area contributed by atoms with Crippen molar-refractivity contribution in [2.45, 2.75) is 38.6 Å². The third-order valence-electron chi connectivity index (χ3n) is 6.64. The molecular weight excluding hydrogens is 399 g/mol. The lowest BCUT2D eigenvalue weighted by atomic mass is 9.88. The van der Waals surface area contributed by atoms with Crippen LogP contribution in [0.25, 0.3) is 0 Å². The number of benzene rings is 2. The van der Waals surface area contributed by atoms with Gasteiger partial charge in [0.1, 0.15) is 5.82 Å². The second-order valence-electron chi connectivity index (χ2n) is 8.74. The van der Waals surface area contributed by atoms with Crippen LogP contribution in [0, 0.1) is 17.7 Å². The molecule has 4 rings (SSSR count). The third kappa shape index (κ3) is 5.41. The summed E-state index contributed by atoms with van der Waals surface area (Å²) in [6.07, 6.45) is 5.02. The predicted octanol–water partition coefficient (Wildman–Crippen LogP) is 5.17. The number of hydrogen-bond acceptors (Lipinski definition) is 2. The van der Waals surface area contributed by atoms with Gasteiger partial charge in [0, 0.05) is 36.1 Å². The van der Waals surface area contributed by atoms with E-state index in [0.29, 0.717) is 29.0 Å². The monoisotopic (exact) mass is 428 g/mol. The van der Waals surface area contributed by atoms with Crippen LogP contribution in [0.2, 0.25) is 5.02 Å². The normalized spacial score (nSPS) is 19.2. The minimum absolute atomic E-state index is 0.113. The van der Waals surface area contributed by atoms with Crippen molar-refractivity contribution < 1.29 is 9.18 Å². The van der Waals surface area contributed by atoms with E-state index < -0.39 is 0 Å². The Morgan fingerprint density at radius 3 is 2.33 bits per heavy atom. The fourth-order valence-corrected chi connectivity index (χ4v) is 4.95. The van der Waals surface area contributed by atoms with E-state index in [4.69, 9.17) is 11.6 Å². The Bertz CT molecular complexity index is 843. The van der Waals surface area contributed by atoms with Crippen molar-refractivity contribution >= 4 is 17.5 Å². The van der Waals surface area contributed by atoms with E-state index in [0.717, 1.165) is 58.3 Å². The second kappa shape index (κ2) is 9.93. The number of amides is 1. The van der Waals surface area contributed by atoms with Gasteiger partial charge < -0.3 is 4.90 Å². The fraction of sp³-hybridized carbons (Fsp3) is 0.480. The maximum atomic E-state index is 14.1. The Morgan fingerprint density at radius 1 is 0.967 bits per heavy atom. The molecule has 0 atom stereocenters. The standard InChI is InChI=1S/C25H30ClFN2O/c26-23-7-6-22(24(27)17-23)18-28-12-10-21(11-13-28)25(30)29-14-8-20(9-15-29)16-19-4-2-1-3-5-19/h1-7,17,20-21H,8-16,18H2. The van der Waals surface area contributed by atoms with Crippen molar-refractivity contribution in [2.24, 2.45) is 11.8 Å². The molecule has 160 valence electrons. The smallest absolute Gasteiger partial charge is 0.225 e. The zero-order chi connectivity index (χ0) is 20.9. The summed E-state index contributed by atoms with van der Waals surface area (Å²) >= 11 is 5.84. The first-order chi connectivity index (χ1) is 14.6. The number of carbonyl (C=O) groups excluding carboxylic acids is 1. The van der Waals surface area contributed by atoms with Crippen LogP contribution in [0.3, 0.4) is 0 Å². The third-order valence-corrected chi connectivity index (χ3v) is 6.87. The van der Waals surface area contributed by atoms with Crippen molar-refractivity contribution in [1.29, 1.82) is 0 Å². The number of piperidine rings is 2. The molecule has 0 aromatic heterocycles. The zero-order valence-electron chi connectivity index (χ0n) is 17.4. The van der Waals surface area contributed by atoms with Crippen molar-refractivity contribution in [1.82, 2.24) is 9.80 Å². The minimum atomic E-state index is -0.251. The molecule has 0 radical (unpaired) electrons. The van der Waals surface area contributed by atoms with Gasteiger partial charge in [0.25, 0.3) is 0 Å². The molecule has 30 heavy (non-hydrogen) atoms. The SMILES string of the molecule is O=C(C1CCN(Cc2ccc(Cl)cc2F)CC1)N1CCC(Cc2ccccc2)CC1. The molecule has 5 heteroatoms. The summed E-state index contributed by atoms with van der Waals surface area (Å²) in [6.45, 7) is 4.01. The van der Waals surface area contributed by atoms with Crippen LogP contribution in [-0.4, -0.2) is 41.9 Å². The summed E-state index contributed by atoms with van der Waals surface area (Å²) in [4.78, 5) is 17.3. The molecule has 2 heterocycles. The topological polar surface area (TPSA) is 23.6 Å². The van der Waals surface area contributed by atoms with E-state index >= 15 is 0 Å². The van der Waals surface area contributed by atoms with Crippen LogP contribution in [0.1, 0.15) is 36.8 Å². The summed E-state index contributed by atoms with van der Waals surface area (Å²) in [5, 5.41) is 0.424. The highest BCUT2D eigenvalue weighted by molar-refractivity contribution is 6.30. The van der Waals surface area contributed by atoms with E-state index in [9.17, 15) is 9.18 Å². The Labute approximate surface area is 183 Å². The van der Waals surface area contributed by atoms with Gasteiger partial charge in [-0.15, -0.1) is 0 Å². The molecule has 0 saturated carbocycles. The highest BCUT2D eigenvalue weighted by Crippen LogP contribution is 2.27. The first-order valence-electron chi connectivity index (χ1n) is 11.1. The lowest BCUT2D eigenvalue weighted by Gasteiger charge is -2.37. The summed E-state index contributed by atoms with van der Waals surface area (Å²) in [5.74, 6) is 0.860. The molecule has 2 aliphatic heterocycles. The van der Waals surface area contributed by atoms with Crippen LogP contribution in [0.4, 0.5) is 4.39 Å². The highest BCUT2D eigenvalue weighted by atomic mass is 35.5. The molecule has 2 aromatic carbocycles. The van der Waals surface area contributed by atoms with Crippen LogP contribution >= 0.6 is 11.6 Å². The Hall–Kier alpha value is -1.91. The Balaban J connectivity index is 1.22. The van der Waals surface area contributed by atoms with E-state index in [1.165, 1.54) is 11.6 Å². The number of hydrogen-bond donors (Lipinski definition) is 0. The number of rotatable bonds is 5.